The Morgan fingerprint density at radius 1 is 1.37 bits per heavy atom. The van der Waals surface area contributed by atoms with Crippen LogP contribution in [0.4, 0.5) is 0 Å². The number of rotatable bonds is 7. The summed E-state index contributed by atoms with van der Waals surface area (Å²) in [6, 6.07) is 4.20. The Bertz CT molecular complexity index is 511. The topological polar surface area (TPSA) is 42.2 Å². The summed E-state index contributed by atoms with van der Waals surface area (Å²) in [6.45, 7) is 3.74. The lowest BCUT2D eigenvalue weighted by Crippen LogP contribution is -2.16. The molecule has 6 heteroatoms. The molecule has 0 amide bonds. The molecule has 104 valence electrons. The minimum atomic E-state index is 0.689. The lowest BCUT2D eigenvalue weighted by Gasteiger charge is -2.12. The highest BCUT2D eigenvalue weighted by Gasteiger charge is 2.10. The smallest absolute Gasteiger partial charge is 0.240 e. The molecule has 0 saturated heterocycles. The van der Waals surface area contributed by atoms with Gasteiger partial charge in [0, 0.05) is 17.8 Å². The summed E-state index contributed by atoms with van der Waals surface area (Å²) in [6.07, 6.45) is 3.16. The van der Waals surface area contributed by atoms with Gasteiger partial charge >= 0.3 is 0 Å². The quantitative estimate of drug-likeness (QED) is 0.765. The SMILES string of the molecule is CCCCc1noc(CN(C)Cc2ccc(Br)s2)n1. The van der Waals surface area contributed by atoms with Gasteiger partial charge in [-0.25, -0.2) is 0 Å². The Morgan fingerprint density at radius 2 is 2.21 bits per heavy atom. The summed E-state index contributed by atoms with van der Waals surface area (Å²) in [5.74, 6) is 1.52. The highest BCUT2D eigenvalue weighted by Crippen LogP contribution is 2.23. The van der Waals surface area contributed by atoms with E-state index in [0.717, 1.165) is 35.4 Å². The van der Waals surface area contributed by atoms with E-state index >= 15 is 0 Å². The van der Waals surface area contributed by atoms with Gasteiger partial charge in [-0.2, -0.15) is 4.98 Å². The highest BCUT2D eigenvalue weighted by molar-refractivity contribution is 9.11. The van der Waals surface area contributed by atoms with Crippen LogP contribution in [-0.2, 0) is 19.5 Å². The number of hydrogen-bond acceptors (Lipinski definition) is 5. The van der Waals surface area contributed by atoms with Crippen molar-refractivity contribution in [3.63, 3.8) is 0 Å². The molecule has 19 heavy (non-hydrogen) atoms. The van der Waals surface area contributed by atoms with Crippen molar-refractivity contribution in [3.05, 3.63) is 32.5 Å². The van der Waals surface area contributed by atoms with Crippen LogP contribution in [0.25, 0.3) is 0 Å². The second kappa shape index (κ2) is 7.17. The molecule has 0 N–H and O–H groups in total. The lowest BCUT2D eigenvalue weighted by molar-refractivity contribution is 0.262. The predicted molar refractivity (Wildman–Crippen MR) is 80.1 cm³/mol. The van der Waals surface area contributed by atoms with E-state index in [9.17, 15) is 0 Å². The summed E-state index contributed by atoms with van der Waals surface area (Å²) >= 11 is 5.23. The van der Waals surface area contributed by atoms with E-state index in [2.05, 4.69) is 57.1 Å². The van der Waals surface area contributed by atoms with E-state index in [0.29, 0.717) is 12.4 Å². The van der Waals surface area contributed by atoms with Crippen molar-refractivity contribution in [1.82, 2.24) is 15.0 Å². The molecule has 0 radical (unpaired) electrons. The Balaban J connectivity index is 1.84. The Labute approximate surface area is 125 Å². The molecule has 2 aromatic rings. The van der Waals surface area contributed by atoms with Gasteiger partial charge in [-0.05, 0) is 41.5 Å². The summed E-state index contributed by atoms with van der Waals surface area (Å²) in [7, 11) is 2.06. The molecule has 2 rings (SSSR count). The number of hydrogen-bond donors (Lipinski definition) is 0. The van der Waals surface area contributed by atoms with Gasteiger partial charge in [-0.15, -0.1) is 11.3 Å². The maximum atomic E-state index is 5.27. The van der Waals surface area contributed by atoms with Crippen molar-refractivity contribution in [2.45, 2.75) is 39.3 Å². The van der Waals surface area contributed by atoms with Crippen LogP contribution in [-0.4, -0.2) is 22.1 Å². The molecule has 0 bridgehead atoms. The van der Waals surface area contributed by atoms with E-state index in [-0.39, 0.29) is 0 Å². The molecule has 2 aromatic heterocycles. The van der Waals surface area contributed by atoms with Crippen LogP contribution in [0.3, 0.4) is 0 Å². The third kappa shape index (κ3) is 4.71. The van der Waals surface area contributed by atoms with Gasteiger partial charge in [-0.1, -0.05) is 18.5 Å². The lowest BCUT2D eigenvalue weighted by atomic mass is 10.2. The molecule has 0 atom stereocenters. The average molecular weight is 344 g/mol. The van der Waals surface area contributed by atoms with E-state index in [1.807, 2.05) is 0 Å². The molecule has 0 aliphatic rings. The van der Waals surface area contributed by atoms with Crippen molar-refractivity contribution < 1.29 is 4.52 Å². The summed E-state index contributed by atoms with van der Waals surface area (Å²) in [5.41, 5.74) is 0. The molecule has 0 aliphatic heterocycles. The summed E-state index contributed by atoms with van der Waals surface area (Å²) < 4.78 is 6.43. The fourth-order valence-corrected chi connectivity index (χ4v) is 3.34. The standard InChI is InChI=1S/C13H18BrN3OS/c1-3-4-5-12-15-13(18-16-12)9-17(2)8-10-6-7-11(14)19-10/h6-7H,3-5,8-9H2,1-2H3. The van der Waals surface area contributed by atoms with Crippen LogP contribution in [0, 0.1) is 0 Å². The zero-order valence-electron chi connectivity index (χ0n) is 11.2. The second-order valence-corrected chi connectivity index (χ2v) is 7.13. The van der Waals surface area contributed by atoms with E-state index in [1.165, 1.54) is 4.88 Å². The first-order chi connectivity index (χ1) is 9.17. The van der Waals surface area contributed by atoms with E-state index in [1.54, 1.807) is 11.3 Å². The first kappa shape index (κ1) is 14.7. The summed E-state index contributed by atoms with van der Waals surface area (Å²) in [4.78, 5) is 7.90. The second-order valence-electron chi connectivity index (χ2n) is 4.59. The van der Waals surface area contributed by atoms with Crippen molar-refractivity contribution in [1.29, 1.82) is 0 Å². The molecule has 0 saturated carbocycles. The van der Waals surface area contributed by atoms with Crippen LogP contribution >= 0.6 is 27.3 Å². The van der Waals surface area contributed by atoms with Gasteiger partial charge in [0.25, 0.3) is 0 Å². The van der Waals surface area contributed by atoms with Gasteiger partial charge in [0.15, 0.2) is 5.82 Å². The van der Waals surface area contributed by atoms with Crippen LogP contribution < -0.4 is 0 Å². The first-order valence-corrected chi connectivity index (χ1v) is 8.02. The monoisotopic (exact) mass is 343 g/mol. The molecule has 4 nitrogen and oxygen atoms in total. The molecular formula is C13H18BrN3OS. The van der Waals surface area contributed by atoms with Gasteiger partial charge in [0.05, 0.1) is 10.3 Å². The fraction of sp³-hybridized carbons (Fsp3) is 0.538. The van der Waals surface area contributed by atoms with Gasteiger partial charge in [0.1, 0.15) is 0 Å². The zero-order valence-corrected chi connectivity index (χ0v) is 13.6. The minimum absolute atomic E-state index is 0.689. The first-order valence-electron chi connectivity index (χ1n) is 6.41. The number of thiophene rings is 1. The van der Waals surface area contributed by atoms with Gasteiger partial charge in [-0.3, -0.25) is 4.90 Å². The third-order valence-corrected chi connectivity index (χ3v) is 4.33. The van der Waals surface area contributed by atoms with Gasteiger partial charge in [0.2, 0.25) is 5.89 Å². The number of aryl methyl sites for hydroxylation is 1. The Kier molecular flexibility index (Phi) is 5.54. The van der Waals surface area contributed by atoms with Gasteiger partial charge < -0.3 is 4.52 Å². The summed E-state index contributed by atoms with van der Waals surface area (Å²) in [5, 5.41) is 4.00. The Hall–Kier alpha value is -0.720. The maximum absolute atomic E-state index is 5.27. The van der Waals surface area contributed by atoms with E-state index in [4.69, 9.17) is 4.52 Å². The zero-order chi connectivity index (χ0) is 13.7. The normalized spacial score (nSPS) is 11.4. The molecule has 0 aliphatic carbocycles. The van der Waals surface area contributed by atoms with Crippen LogP contribution in [0.5, 0.6) is 0 Å². The van der Waals surface area contributed by atoms with Crippen LogP contribution in [0.2, 0.25) is 0 Å². The molecule has 2 heterocycles. The molecular weight excluding hydrogens is 326 g/mol. The average Bonchev–Trinajstić information content (AvgIpc) is 2.96. The third-order valence-electron chi connectivity index (χ3n) is 2.72. The largest absolute Gasteiger partial charge is 0.338 e. The predicted octanol–water partition coefficient (Wildman–Crippen LogP) is 3.87. The van der Waals surface area contributed by atoms with E-state index < -0.39 is 0 Å². The molecule has 0 fully saturated rings. The van der Waals surface area contributed by atoms with Crippen molar-refractivity contribution >= 4 is 27.3 Å². The number of nitrogens with zero attached hydrogens (tertiary/aromatic N) is 3. The van der Waals surface area contributed by atoms with Crippen LogP contribution in [0.1, 0.15) is 36.4 Å². The number of halogens is 1. The Morgan fingerprint density at radius 3 is 2.89 bits per heavy atom. The van der Waals surface area contributed by atoms with Crippen molar-refractivity contribution in [2.75, 3.05) is 7.05 Å². The molecule has 0 spiro atoms. The van der Waals surface area contributed by atoms with Crippen molar-refractivity contribution in [3.8, 4) is 0 Å². The molecule has 0 aromatic carbocycles. The van der Waals surface area contributed by atoms with Crippen molar-refractivity contribution in [2.24, 2.45) is 0 Å². The minimum Gasteiger partial charge on any atom is -0.338 e. The maximum Gasteiger partial charge on any atom is 0.240 e. The number of aromatic nitrogens is 2. The molecule has 0 unspecified atom stereocenters. The fourth-order valence-electron chi connectivity index (χ4n) is 1.78. The highest BCUT2D eigenvalue weighted by atomic mass is 79.9. The van der Waals surface area contributed by atoms with Crippen LogP contribution in [0.15, 0.2) is 20.4 Å². The number of unbranched alkanes of at least 4 members (excludes halogenated alkanes) is 1.